The van der Waals surface area contributed by atoms with Gasteiger partial charge in [0.25, 0.3) is 0 Å². The minimum Gasteiger partial charge on any atom is -0.759 e. The van der Waals surface area contributed by atoms with E-state index in [1.165, 1.54) is 32.7 Å². The van der Waals surface area contributed by atoms with Crippen LogP contribution in [0, 0.1) is 0 Å². The van der Waals surface area contributed by atoms with Gasteiger partial charge in [-0.25, -0.2) is 0 Å². The molecule has 0 saturated carbocycles. The van der Waals surface area contributed by atoms with Crippen LogP contribution in [-0.4, -0.2) is 35.0 Å². The molecule has 0 saturated heterocycles. The van der Waals surface area contributed by atoms with E-state index in [4.69, 9.17) is 35.0 Å². The predicted octanol–water partition coefficient (Wildman–Crippen LogP) is -9.08. The Hall–Kier alpha value is 1.14. The summed E-state index contributed by atoms with van der Waals surface area (Å²) in [5.74, 6) is 0. The summed E-state index contributed by atoms with van der Waals surface area (Å²) >= 11 is 0. The molecule has 35 heavy (non-hydrogen) atoms. The van der Waals surface area contributed by atoms with Gasteiger partial charge in [0.1, 0.15) is 0 Å². The maximum absolute atomic E-state index is 8.52. The third-order valence-corrected chi connectivity index (χ3v) is 4.14. The van der Waals surface area contributed by atoms with Gasteiger partial charge in [-0.3, -0.25) is 16.8 Å². The molecular weight excluding hydrogens is 536 g/mol. The van der Waals surface area contributed by atoms with Gasteiger partial charge in [-0.1, -0.05) is 84.9 Å². The van der Waals surface area contributed by atoms with Gasteiger partial charge >= 0.3 is 118 Å². The third-order valence-electron chi connectivity index (χ3n) is 4.14. The topological polar surface area (TPSA) is 161 Å². The summed E-state index contributed by atoms with van der Waals surface area (Å²) in [4.78, 5) is 0. The van der Waals surface area contributed by atoms with Crippen LogP contribution in [0.15, 0.2) is 84.9 Å². The summed E-state index contributed by atoms with van der Waals surface area (Å²) < 4.78 is 68.2. The van der Waals surface area contributed by atoms with Gasteiger partial charge in [-0.2, -0.15) is 0 Å². The number of benzene rings is 4. The molecule has 4 aromatic rings. The van der Waals surface area contributed by atoms with Crippen molar-refractivity contribution in [1.29, 1.82) is 0 Å². The SMILES string of the molecule is O=S(=O)([O-])[O-].O=S(=O)([O-])[O-].[Na+].[Na+].[Na+].[Na+].c1ccc2c(Cc3cccc4ccccc34)cccc2c1. The van der Waals surface area contributed by atoms with Gasteiger partial charge in [0.15, 0.2) is 0 Å². The molecule has 0 unspecified atom stereocenters. The van der Waals surface area contributed by atoms with Gasteiger partial charge in [-0.15, -0.1) is 0 Å². The summed E-state index contributed by atoms with van der Waals surface area (Å²) in [7, 11) is -10.3. The fourth-order valence-electron chi connectivity index (χ4n) is 3.10. The molecule has 14 heteroatoms. The number of hydrogen-bond donors (Lipinski definition) is 0. The average molecular weight is 552 g/mol. The van der Waals surface area contributed by atoms with E-state index in [0.29, 0.717) is 0 Å². The van der Waals surface area contributed by atoms with Crippen molar-refractivity contribution in [3.8, 4) is 0 Å². The van der Waals surface area contributed by atoms with Crippen molar-refractivity contribution in [3.63, 3.8) is 0 Å². The van der Waals surface area contributed by atoms with Crippen LogP contribution >= 0.6 is 0 Å². The summed E-state index contributed by atoms with van der Waals surface area (Å²) in [6.45, 7) is 0. The van der Waals surface area contributed by atoms with E-state index in [2.05, 4.69) is 84.9 Å². The first kappa shape index (κ1) is 40.6. The van der Waals surface area contributed by atoms with Crippen molar-refractivity contribution in [3.05, 3.63) is 96.1 Å². The van der Waals surface area contributed by atoms with Crippen molar-refractivity contribution in [2.75, 3.05) is 0 Å². The molecule has 0 amide bonds. The van der Waals surface area contributed by atoms with Gasteiger partial charge in [0.05, 0.1) is 0 Å². The Morgan fingerprint density at radius 1 is 0.457 bits per heavy atom. The molecule has 4 rings (SSSR count). The largest absolute Gasteiger partial charge is 1.00 e. The van der Waals surface area contributed by atoms with Gasteiger partial charge < -0.3 is 18.2 Å². The Kier molecular flexibility index (Phi) is 22.3. The van der Waals surface area contributed by atoms with Crippen molar-refractivity contribution in [2.24, 2.45) is 0 Å². The summed E-state index contributed by atoms with van der Waals surface area (Å²) in [5, 5.41) is 5.34. The molecule has 0 radical (unpaired) electrons. The van der Waals surface area contributed by atoms with Crippen LogP contribution < -0.4 is 118 Å². The molecule has 4 aromatic carbocycles. The minimum absolute atomic E-state index is 0. The molecule has 0 atom stereocenters. The number of hydrogen-bond acceptors (Lipinski definition) is 8. The molecule has 0 spiro atoms. The fraction of sp³-hybridized carbons (Fsp3) is 0.0476. The first-order valence-corrected chi connectivity index (χ1v) is 11.3. The molecule has 0 N–H and O–H groups in total. The molecule has 164 valence electrons. The Morgan fingerprint density at radius 2 is 0.714 bits per heavy atom. The van der Waals surface area contributed by atoms with Crippen LogP contribution in [0.4, 0.5) is 0 Å². The van der Waals surface area contributed by atoms with E-state index >= 15 is 0 Å². The molecule has 0 aliphatic heterocycles. The second-order valence-corrected chi connectivity index (χ2v) is 7.90. The monoisotopic (exact) mass is 552 g/mol. The normalized spacial score (nSPS) is 9.94. The number of fused-ring (bicyclic) bond motifs is 2. The van der Waals surface area contributed by atoms with E-state index in [1.807, 2.05) is 0 Å². The Labute approximate surface area is 293 Å². The molecule has 0 aliphatic rings. The Bertz CT molecular complexity index is 1270. The van der Waals surface area contributed by atoms with E-state index in [1.54, 1.807) is 0 Å². The second-order valence-electron chi connectivity index (χ2n) is 6.27. The maximum Gasteiger partial charge on any atom is 1.00 e. The summed E-state index contributed by atoms with van der Waals surface area (Å²) in [6, 6.07) is 30.4. The first-order valence-electron chi connectivity index (χ1n) is 8.68. The quantitative estimate of drug-likeness (QED) is 0.135. The predicted molar refractivity (Wildman–Crippen MR) is 112 cm³/mol. The first-order chi connectivity index (χ1) is 14.4. The van der Waals surface area contributed by atoms with Crippen LogP contribution in [-0.2, 0) is 27.2 Å². The molecule has 0 heterocycles. The molecule has 0 aromatic heterocycles. The van der Waals surface area contributed by atoms with Crippen LogP contribution in [0.1, 0.15) is 11.1 Å². The Morgan fingerprint density at radius 3 is 1.03 bits per heavy atom. The van der Waals surface area contributed by atoms with Gasteiger partial charge in [0, 0.05) is 20.8 Å². The van der Waals surface area contributed by atoms with Crippen LogP contribution in [0.2, 0.25) is 0 Å². The van der Waals surface area contributed by atoms with Crippen LogP contribution in [0.5, 0.6) is 0 Å². The maximum atomic E-state index is 8.52. The zero-order chi connectivity index (χ0) is 23.1. The standard InChI is InChI=1S/C21H16.4Na.2H2O4S/c1-3-13-20-16(7-1)9-5-11-18(20)15-19-12-6-10-17-8-2-4-14-21(17)19;;;;;2*1-5(2,3)4/h1-14H,15H2;;;;;2*(H2,1,2,3,4)/q;4*+1;;/p-4. The molecule has 0 fully saturated rings. The minimum atomic E-state index is -5.17. The van der Waals surface area contributed by atoms with Crippen molar-refractivity contribution < 1.29 is 153 Å². The van der Waals surface area contributed by atoms with Gasteiger partial charge in [0.2, 0.25) is 0 Å². The Balaban J connectivity index is -0.000000634. The second kappa shape index (κ2) is 19.2. The van der Waals surface area contributed by atoms with E-state index in [0.717, 1.165) is 6.42 Å². The van der Waals surface area contributed by atoms with Crippen molar-refractivity contribution >= 4 is 42.3 Å². The third kappa shape index (κ3) is 17.4. The zero-order valence-electron chi connectivity index (χ0n) is 19.9. The number of rotatable bonds is 2. The molecule has 8 nitrogen and oxygen atoms in total. The smallest absolute Gasteiger partial charge is 0.759 e. The van der Waals surface area contributed by atoms with E-state index < -0.39 is 20.8 Å². The van der Waals surface area contributed by atoms with E-state index in [-0.39, 0.29) is 118 Å². The van der Waals surface area contributed by atoms with Crippen LogP contribution in [0.25, 0.3) is 21.5 Å². The van der Waals surface area contributed by atoms with Gasteiger partial charge in [-0.05, 0) is 39.1 Å². The zero-order valence-corrected chi connectivity index (χ0v) is 29.5. The fourth-order valence-corrected chi connectivity index (χ4v) is 3.10. The van der Waals surface area contributed by atoms with E-state index in [9.17, 15) is 0 Å². The van der Waals surface area contributed by atoms with Crippen molar-refractivity contribution in [2.45, 2.75) is 6.42 Å². The summed E-state index contributed by atoms with van der Waals surface area (Å²) in [6.07, 6.45) is 0.975. The molecule has 0 aliphatic carbocycles. The average Bonchev–Trinajstić information content (AvgIpc) is 2.66. The van der Waals surface area contributed by atoms with Crippen LogP contribution in [0.3, 0.4) is 0 Å². The van der Waals surface area contributed by atoms with Crippen molar-refractivity contribution in [1.82, 2.24) is 0 Å². The molecular formula is C21H16Na4O8S2. The summed E-state index contributed by atoms with van der Waals surface area (Å²) in [5.41, 5.74) is 2.79. The molecule has 0 bridgehead atoms.